The van der Waals surface area contributed by atoms with Gasteiger partial charge in [0.2, 0.25) is 10.0 Å². The highest BCUT2D eigenvalue weighted by molar-refractivity contribution is 7.88. The minimum atomic E-state index is -3.16. The Morgan fingerprint density at radius 2 is 1.80 bits per heavy atom. The standard InChI is InChI=1S/C11H17NO2S/c1-3-8-12-15(13,14)9-11-6-4-10(2)5-7-11/h4-7,12H,3,8-9H2,1-2H3. The summed E-state index contributed by atoms with van der Waals surface area (Å²) in [5.41, 5.74) is 1.96. The summed E-state index contributed by atoms with van der Waals surface area (Å²) in [6.07, 6.45) is 0.813. The normalized spacial score (nSPS) is 11.6. The summed E-state index contributed by atoms with van der Waals surface area (Å²) < 4.78 is 25.6. The van der Waals surface area contributed by atoms with Crippen molar-refractivity contribution in [3.05, 3.63) is 35.4 Å². The SMILES string of the molecule is CCCNS(=O)(=O)Cc1ccc(C)cc1. The van der Waals surface area contributed by atoms with Crippen LogP contribution in [0.15, 0.2) is 24.3 Å². The van der Waals surface area contributed by atoms with E-state index in [1.165, 1.54) is 0 Å². The topological polar surface area (TPSA) is 46.2 Å². The van der Waals surface area contributed by atoms with Crippen LogP contribution in [0.1, 0.15) is 24.5 Å². The Labute approximate surface area is 91.6 Å². The van der Waals surface area contributed by atoms with Crippen molar-refractivity contribution < 1.29 is 8.42 Å². The van der Waals surface area contributed by atoms with Crippen LogP contribution in [-0.4, -0.2) is 15.0 Å². The second-order valence-corrected chi connectivity index (χ2v) is 5.45. The first kappa shape index (κ1) is 12.2. The molecule has 0 fully saturated rings. The molecule has 1 N–H and O–H groups in total. The molecule has 15 heavy (non-hydrogen) atoms. The van der Waals surface area contributed by atoms with Crippen molar-refractivity contribution in [2.24, 2.45) is 0 Å². The molecule has 0 saturated heterocycles. The Morgan fingerprint density at radius 1 is 1.20 bits per heavy atom. The second kappa shape index (κ2) is 5.28. The smallest absolute Gasteiger partial charge is 0.215 e. The van der Waals surface area contributed by atoms with Gasteiger partial charge in [-0.2, -0.15) is 0 Å². The molecule has 1 rings (SSSR count). The van der Waals surface area contributed by atoms with Crippen molar-refractivity contribution in [2.75, 3.05) is 6.54 Å². The summed E-state index contributed by atoms with van der Waals surface area (Å²) in [6.45, 7) is 4.43. The van der Waals surface area contributed by atoms with E-state index in [4.69, 9.17) is 0 Å². The van der Waals surface area contributed by atoms with E-state index in [2.05, 4.69) is 4.72 Å². The molecule has 0 atom stereocenters. The highest BCUT2D eigenvalue weighted by atomic mass is 32.2. The highest BCUT2D eigenvalue weighted by Gasteiger charge is 2.09. The summed E-state index contributed by atoms with van der Waals surface area (Å²) in [4.78, 5) is 0. The molecule has 0 saturated carbocycles. The molecule has 0 aromatic heterocycles. The van der Waals surface area contributed by atoms with Gasteiger partial charge in [0.1, 0.15) is 0 Å². The minimum Gasteiger partial charge on any atom is -0.215 e. The lowest BCUT2D eigenvalue weighted by Gasteiger charge is -2.05. The zero-order valence-electron chi connectivity index (χ0n) is 9.16. The van der Waals surface area contributed by atoms with Gasteiger partial charge in [-0.1, -0.05) is 36.8 Å². The average molecular weight is 227 g/mol. The lowest BCUT2D eigenvalue weighted by atomic mass is 10.2. The maximum atomic E-state index is 11.5. The van der Waals surface area contributed by atoms with Crippen molar-refractivity contribution in [3.8, 4) is 0 Å². The Hall–Kier alpha value is -0.870. The van der Waals surface area contributed by atoms with Crippen LogP contribution in [-0.2, 0) is 15.8 Å². The average Bonchev–Trinajstić information content (AvgIpc) is 2.18. The van der Waals surface area contributed by atoms with Crippen LogP contribution >= 0.6 is 0 Å². The zero-order valence-corrected chi connectivity index (χ0v) is 9.97. The molecule has 0 unspecified atom stereocenters. The van der Waals surface area contributed by atoms with E-state index in [1.807, 2.05) is 38.1 Å². The fraction of sp³-hybridized carbons (Fsp3) is 0.455. The van der Waals surface area contributed by atoms with Gasteiger partial charge >= 0.3 is 0 Å². The number of nitrogens with one attached hydrogen (secondary N) is 1. The number of aryl methyl sites for hydroxylation is 1. The van der Waals surface area contributed by atoms with Gasteiger partial charge in [0, 0.05) is 6.54 Å². The molecule has 0 amide bonds. The molecule has 0 aliphatic heterocycles. The Balaban J connectivity index is 2.65. The fourth-order valence-corrected chi connectivity index (χ4v) is 2.46. The van der Waals surface area contributed by atoms with Gasteiger partial charge in [-0.15, -0.1) is 0 Å². The van der Waals surface area contributed by atoms with Crippen LogP contribution in [0.2, 0.25) is 0 Å². The zero-order chi connectivity index (χ0) is 11.3. The first-order valence-corrected chi connectivity index (χ1v) is 6.71. The number of hydrogen-bond donors (Lipinski definition) is 1. The monoisotopic (exact) mass is 227 g/mol. The first-order valence-electron chi connectivity index (χ1n) is 5.06. The lowest BCUT2D eigenvalue weighted by Crippen LogP contribution is -2.25. The molecule has 0 aliphatic carbocycles. The van der Waals surface area contributed by atoms with Gasteiger partial charge in [0.05, 0.1) is 5.75 Å². The first-order chi connectivity index (χ1) is 7.03. The van der Waals surface area contributed by atoms with Crippen LogP contribution < -0.4 is 4.72 Å². The summed E-state index contributed by atoms with van der Waals surface area (Å²) in [6, 6.07) is 7.54. The molecule has 0 aliphatic rings. The van der Waals surface area contributed by atoms with E-state index in [1.54, 1.807) is 0 Å². The van der Waals surface area contributed by atoms with Gasteiger partial charge < -0.3 is 0 Å². The molecule has 3 nitrogen and oxygen atoms in total. The predicted molar refractivity (Wildman–Crippen MR) is 62.1 cm³/mol. The summed E-state index contributed by atoms with van der Waals surface area (Å²) in [5.74, 6) is 0.0628. The van der Waals surface area contributed by atoms with Gasteiger partial charge in [-0.05, 0) is 18.9 Å². The van der Waals surface area contributed by atoms with E-state index in [0.717, 1.165) is 17.5 Å². The summed E-state index contributed by atoms with van der Waals surface area (Å²) >= 11 is 0. The maximum absolute atomic E-state index is 11.5. The summed E-state index contributed by atoms with van der Waals surface area (Å²) in [7, 11) is -3.16. The third kappa shape index (κ3) is 4.44. The third-order valence-electron chi connectivity index (χ3n) is 2.05. The Kier molecular flexibility index (Phi) is 4.29. The van der Waals surface area contributed by atoms with E-state index in [0.29, 0.717) is 6.54 Å². The van der Waals surface area contributed by atoms with Gasteiger partial charge in [0.25, 0.3) is 0 Å². The van der Waals surface area contributed by atoms with Crippen molar-refractivity contribution in [1.29, 1.82) is 0 Å². The summed E-state index contributed by atoms with van der Waals surface area (Å²) in [5, 5.41) is 0. The molecular formula is C11H17NO2S. The van der Waals surface area contributed by atoms with E-state index in [-0.39, 0.29) is 5.75 Å². The van der Waals surface area contributed by atoms with E-state index in [9.17, 15) is 8.42 Å². The molecule has 1 aromatic rings. The lowest BCUT2D eigenvalue weighted by molar-refractivity contribution is 0.580. The quantitative estimate of drug-likeness (QED) is 0.834. The minimum absolute atomic E-state index is 0.0628. The Bertz CT molecular complexity index is 395. The molecule has 0 bridgehead atoms. The highest BCUT2D eigenvalue weighted by Crippen LogP contribution is 2.06. The van der Waals surface area contributed by atoms with Crippen LogP contribution in [0.4, 0.5) is 0 Å². The molecule has 4 heteroatoms. The van der Waals surface area contributed by atoms with Crippen molar-refractivity contribution in [1.82, 2.24) is 4.72 Å². The number of rotatable bonds is 5. The number of hydrogen-bond acceptors (Lipinski definition) is 2. The molecular weight excluding hydrogens is 210 g/mol. The van der Waals surface area contributed by atoms with Crippen LogP contribution in [0.25, 0.3) is 0 Å². The van der Waals surface area contributed by atoms with E-state index >= 15 is 0 Å². The van der Waals surface area contributed by atoms with Crippen LogP contribution in [0.3, 0.4) is 0 Å². The molecule has 84 valence electrons. The number of sulfonamides is 1. The van der Waals surface area contributed by atoms with Gasteiger partial charge in [0.15, 0.2) is 0 Å². The van der Waals surface area contributed by atoms with Gasteiger partial charge in [-0.25, -0.2) is 13.1 Å². The van der Waals surface area contributed by atoms with Crippen molar-refractivity contribution in [3.63, 3.8) is 0 Å². The molecule has 0 spiro atoms. The van der Waals surface area contributed by atoms with Crippen LogP contribution in [0, 0.1) is 6.92 Å². The molecule has 1 aromatic carbocycles. The van der Waals surface area contributed by atoms with Crippen molar-refractivity contribution >= 4 is 10.0 Å². The molecule has 0 heterocycles. The predicted octanol–water partition coefficient (Wildman–Crippen LogP) is 1.82. The van der Waals surface area contributed by atoms with Gasteiger partial charge in [-0.3, -0.25) is 0 Å². The van der Waals surface area contributed by atoms with Crippen molar-refractivity contribution in [2.45, 2.75) is 26.0 Å². The third-order valence-corrected chi connectivity index (χ3v) is 3.41. The fourth-order valence-electron chi connectivity index (χ4n) is 1.21. The Morgan fingerprint density at radius 3 is 2.33 bits per heavy atom. The van der Waals surface area contributed by atoms with Crippen LogP contribution in [0.5, 0.6) is 0 Å². The largest absolute Gasteiger partial charge is 0.215 e. The molecule has 0 radical (unpaired) electrons. The second-order valence-electron chi connectivity index (χ2n) is 3.64. The van der Waals surface area contributed by atoms with E-state index < -0.39 is 10.0 Å². The maximum Gasteiger partial charge on any atom is 0.215 e. The number of benzene rings is 1.